The number of hydrogen-bond donors (Lipinski definition) is 10. The van der Waals surface area contributed by atoms with Gasteiger partial charge in [0.05, 0.1) is 84.5 Å². The van der Waals surface area contributed by atoms with E-state index in [-0.39, 0.29) is 86.4 Å². The largest absolute Gasteiger partial charge is 0.491 e. The molecule has 8 heterocycles. The van der Waals surface area contributed by atoms with Crippen LogP contribution in [0.5, 0.6) is 23.0 Å². The molecule has 0 saturated carbocycles. The summed E-state index contributed by atoms with van der Waals surface area (Å²) in [5, 5.41) is 39.8. The average Bonchev–Trinajstić information content (AvgIpc) is 1.68. The van der Waals surface area contributed by atoms with Crippen molar-refractivity contribution in [3.05, 3.63) is 222 Å². The minimum Gasteiger partial charge on any atom is -0.491 e. The van der Waals surface area contributed by atoms with Crippen molar-refractivity contribution in [2.75, 3.05) is 81.2 Å². The lowest BCUT2D eigenvalue weighted by molar-refractivity contribution is 0.0848. The van der Waals surface area contributed by atoms with E-state index in [9.17, 15) is 38.4 Å². The fraction of sp³-hybridized carbons (Fsp3) is 0.294. The summed E-state index contributed by atoms with van der Waals surface area (Å²) >= 11 is 0. The van der Waals surface area contributed by atoms with Gasteiger partial charge in [-0.2, -0.15) is 0 Å². The van der Waals surface area contributed by atoms with Crippen molar-refractivity contribution < 1.29 is 77.4 Å². The van der Waals surface area contributed by atoms with Crippen LogP contribution in [0.3, 0.4) is 0 Å². The molecule has 0 radical (unpaired) electrons. The smallest absolute Gasteiger partial charge is 0.256 e. The molecule has 28 nitrogen and oxygen atoms in total. The summed E-state index contributed by atoms with van der Waals surface area (Å²) in [4.78, 5) is 126. The van der Waals surface area contributed by atoms with Gasteiger partial charge in [0.2, 0.25) is 0 Å². The number of hydrogen-bond acceptors (Lipinski definition) is 20. The van der Waals surface area contributed by atoms with E-state index in [0.29, 0.717) is 116 Å². The number of aromatic nitrogens is 8. The van der Waals surface area contributed by atoms with E-state index < -0.39 is 21.7 Å². The van der Waals surface area contributed by atoms with Crippen LogP contribution < -0.4 is 40.2 Å². The minimum atomic E-state index is -0.512. The van der Waals surface area contributed by atoms with E-state index in [2.05, 4.69) is 56.2 Å². The first-order valence-corrected chi connectivity index (χ1v) is 36.2. The van der Waals surface area contributed by atoms with Crippen molar-refractivity contribution in [1.82, 2.24) is 39.3 Å². The fourth-order valence-electron chi connectivity index (χ4n) is 10.7. The van der Waals surface area contributed by atoms with Crippen molar-refractivity contribution in [3.63, 3.8) is 0 Å². The number of methoxy groups -OCH3 is 1. The molecule has 0 spiro atoms. The molecule has 590 valence electrons. The topological polar surface area (TPSA) is 395 Å². The predicted molar refractivity (Wildman–Crippen MR) is 431 cm³/mol. The summed E-state index contributed by atoms with van der Waals surface area (Å²) in [6, 6.07) is 40.8. The molecule has 0 saturated heterocycles. The Morgan fingerprint density at radius 2 is 0.743 bits per heavy atom. The molecular formula is C85H94N12O16. The number of ketones is 4. The van der Waals surface area contributed by atoms with Gasteiger partial charge in [-0.1, -0.05) is 83.1 Å². The number of nitrogens with zero attached hydrogens (tertiary/aromatic N) is 5. The summed E-state index contributed by atoms with van der Waals surface area (Å²) in [5.41, 5.74) is 5.68. The van der Waals surface area contributed by atoms with Crippen molar-refractivity contribution in [2.45, 2.75) is 83.1 Å². The summed E-state index contributed by atoms with van der Waals surface area (Å²) in [7, 11) is 1.61. The molecule has 0 aliphatic rings. The molecule has 0 unspecified atom stereocenters. The number of amides is 4. The van der Waals surface area contributed by atoms with E-state index in [1.54, 1.807) is 188 Å². The molecule has 0 aliphatic heterocycles. The normalized spacial score (nSPS) is 11.4. The number of H-pyrrole nitrogens is 3. The number of benzene rings is 4. The highest BCUT2D eigenvalue weighted by Crippen LogP contribution is 2.30. The predicted octanol–water partition coefficient (Wildman–Crippen LogP) is 14.1. The molecule has 113 heavy (non-hydrogen) atoms. The number of aromatic amines is 3. The summed E-state index contributed by atoms with van der Waals surface area (Å²) < 4.78 is 28.0. The standard InChI is InChI=1S/C22H25N3O4.3C21H23N3O4/c1-22(2,3)20(26)17-11-15-12-19(23-13-18(15)24-17)25-21(27)14-5-7-16(8-6-14)29-10-9-28-4;1-21(2,3)19(26)17-13-24-12-15(6-9-18(24)23-17)22-20(27)14-4-7-16(8-5-14)28-11-10-25;1-21(2,3)18(26)17-11-14-10-15(12-22-19(14)24-17)23-20(27)13-4-6-16(7-5-13)28-9-8-25;1-21(2,3)19(26)16-10-14-11-18(22-12-17(14)23-16)24-20(27)13-4-6-15(7-5-13)28-9-8-25/h5-8,11-13,24H,9-10H2,1-4H3,(H,23,25,27);4-9,12-13,25H,10-11H2,1-3H3,(H,22,27);4-7,10-12,25H,8-9H2,1-3H3,(H,22,24)(H,23,27);4-7,10-12,23,25H,8-9H2,1-3H3,(H,22,24,27). The van der Waals surface area contributed by atoms with Gasteiger partial charge in [0.15, 0.2) is 23.1 Å². The van der Waals surface area contributed by atoms with E-state index in [1.165, 1.54) is 0 Å². The monoisotopic (exact) mass is 1540 g/mol. The zero-order chi connectivity index (χ0) is 82.0. The quantitative estimate of drug-likeness (QED) is 0.0188. The highest BCUT2D eigenvalue weighted by Gasteiger charge is 2.29. The van der Waals surface area contributed by atoms with Crippen LogP contribution in [0.15, 0.2) is 177 Å². The van der Waals surface area contributed by atoms with Crippen LogP contribution in [0.25, 0.3) is 38.5 Å². The van der Waals surface area contributed by atoms with E-state index in [0.717, 1.165) is 27.2 Å². The van der Waals surface area contributed by atoms with Crippen LogP contribution in [-0.2, 0) is 4.74 Å². The number of anilines is 4. The SMILES string of the molecule is CC(C)(C)C(=O)c1cc2cc(NC(=O)c3ccc(OCCO)cc3)cnc2[nH]1.CC(C)(C)C(=O)c1cc2cc(NC(=O)c3ccc(OCCO)cc3)ncc2[nH]1.CC(C)(C)C(=O)c1cn2cc(NC(=O)c3ccc(OCCO)cc3)ccc2n1.COCCOc1ccc(C(=O)Nc2cc3cc(C(=O)C(C)(C)C)[nH]c3cn2)cc1. The van der Waals surface area contributed by atoms with Crippen molar-refractivity contribution in [3.8, 4) is 23.0 Å². The molecule has 28 heteroatoms. The number of carbonyl (C=O) groups excluding carboxylic acids is 8. The maximum absolute atomic E-state index is 12.5. The number of imidazole rings is 1. The van der Waals surface area contributed by atoms with Crippen LogP contribution in [0.2, 0.25) is 0 Å². The van der Waals surface area contributed by atoms with Crippen LogP contribution in [-0.4, -0.2) is 161 Å². The van der Waals surface area contributed by atoms with Gasteiger partial charge in [0, 0.05) is 79.6 Å². The van der Waals surface area contributed by atoms with E-state index >= 15 is 0 Å². The third-order valence-corrected chi connectivity index (χ3v) is 16.7. The van der Waals surface area contributed by atoms with Crippen molar-refractivity contribution in [2.24, 2.45) is 21.7 Å². The first-order valence-electron chi connectivity index (χ1n) is 36.2. The number of nitrogens with one attached hydrogen (secondary N) is 7. The second-order valence-electron chi connectivity index (χ2n) is 30.1. The number of pyridine rings is 4. The zero-order valence-electron chi connectivity index (χ0n) is 65.3. The average molecular weight is 1540 g/mol. The third kappa shape index (κ3) is 23.4. The maximum atomic E-state index is 12.5. The van der Waals surface area contributed by atoms with E-state index in [1.807, 2.05) is 83.1 Å². The van der Waals surface area contributed by atoms with Crippen LogP contribution >= 0.6 is 0 Å². The molecule has 4 amide bonds. The number of aliphatic hydroxyl groups is 3. The second kappa shape index (κ2) is 37.3. The highest BCUT2D eigenvalue weighted by atomic mass is 16.5. The van der Waals surface area contributed by atoms with Crippen LogP contribution in [0.4, 0.5) is 23.0 Å². The van der Waals surface area contributed by atoms with Gasteiger partial charge in [-0.15, -0.1) is 0 Å². The van der Waals surface area contributed by atoms with Crippen molar-refractivity contribution in [1.29, 1.82) is 0 Å². The number of Topliss-reactive ketones (excluding diaryl/α,β-unsaturated/α-hetero) is 4. The Morgan fingerprint density at radius 1 is 0.381 bits per heavy atom. The van der Waals surface area contributed by atoms with Gasteiger partial charge in [-0.3, -0.25) is 38.4 Å². The summed E-state index contributed by atoms with van der Waals surface area (Å²) in [6.07, 6.45) is 8.14. The molecule has 0 atom stereocenters. The van der Waals surface area contributed by atoms with Gasteiger partial charge in [0.1, 0.15) is 78.0 Å². The lowest BCUT2D eigenvalue weighted by Gasteiger charge is -2.14. The van der Waals surface area contributed by atoms with Crippen molar-refractivity contribution >= 4 is 108 Å². The summed E-state index contributed by atoms with van der Waals surface area (Å²) in [5.74, 6) is 2.09. The Hall–Kier alpha value is -12.8. The Kier molecular flexibility index (Phi) is 27.8. The Balaban J connectivity index is 0.000000173. The lowest BCUT2D eigenvalue weighted by Crippen LogP contribution is -2.20. The molecule has 4 aromatic carbocycles. The maximum Gasteiger partial charge on any atom is 0.256 e. The molecule has 12 aromatic rings. The van der Waals surface area contributed by atoms with Gasteiger partial charge in [-0.05, 0) is 146 Å². The molecule has 12 rings (SSSR count). The second-order valence-corrected chi connectivity index (χ2v) is 30.1. The van der Waals surface area contributed by atoms with Gasteiger partial charge >= 0.3 is 0 Å². The Labute approximate surface area is 652 Å². The number of fused-ring (bicyclic) bond motifs is 4. The minimum absolute atomic E-state index is 0.000378. The first-order chi connectivity index (χ1) is 53.6. The fourth-order valence-corrected chi connectivity index (χ4v) is 10.7. The number of carbonyl (C=O) groups is 8. The zero-order valence-corrected chi connectivity index (χ0v) is 65.3. The molecule has 0 aliphatic carbocycles. The van der Waals surface area contributed by atoms with Crippen LogP contribution in [0.1, 0.15) is 166 Å². The highest BCUT2D eigenvalue weighted by molar-refractivity contribution is 6.09. The number of aliphatic hydroxyl groups excluding tert-OH is 3. The summed E-state index contributed by atoms with van der Waals surface area (Å²) in [6.45, 7) is 23.7. The Bertz CT molecular complexity index is 4950. The first kappa shape index (κ1) is 84.3. The van der Waals surface area contributed by atoms with Crippen LogP contribution in [0, 0.1) is 21.7 Å². The third-order valence-electron chi connectivity index (χ3n) is 16.7. The number of ether oxygens (including phenoxy) is 5. The van der Waals surface area contributed by atoms with Gasteiger partial charge in [-0.25, -0.2) is 19.9 Å². The molecule has 0 bridgehead atoms. The molecular weight excluding hydrogens is 1450 g/mol. The van der Waals surface area contributed by atoms with E-state index in [4.69, 9.17) is 39.0 Å². The Morgan fingerprint density at radius 3 is 1.12 bits per heavy atom. The molecule has 8 aromatic heterocycles. The van der Waals surface area contributed by atoms with Gasteiger partial charge < -0.3 is 79.6 Å². The lowest BCUT2D eigenvalue weighted by atomic mass is 9.89. The number of rotatable bonds is 25. The van der Waals surface area contributed by atoms with Gasteiger partial charge in [0.25, 0.3) is 23.6 Å². The molecule has 0 fully saturated rings. The molecule has 10 N–H and O–H groups in total.